The molecule has 0 aromatic rings. The minimum atomic E-state index is -6.76. The minimum Gasteiger partial charge on any atom is -0.463 e. The van der Waals surface area contributed by atoms with Gasteiger partial charge in [-0.1, -0.05) is 25.5 Å². The molecule has 0 bridgehead atoms. The number of methoxy groups -OCH3 is 1. The van der Waals surface area contributed by atoms with Crippen LogP contribution in [0.4, 0.5) is 39.9 Å². The van der Waals surface area contributed by atoms with E-state index in [4.69, 9.17) is 18.9 Å². The number of ether oxygens (including phenoxy) is 6. The molecule has 7 rings (SSSR count). The quantitative estimate of drug-likeness (QED) is 0.0531. The molecule has 7 aliphatic carbocycles. The van der Waals surface area contributed by atoms with Crippen LogP contribution in [0.15, 0.2) is 11.6 Å². The van der Waals surface area contributed by atoms with Crippen molar-refractivity contribution in [1.29, 1.82) is 0 Å². The molecule has 0 radical (unpaired) electrons. The summed E-state index contributed by atoms with van der Waals surface area (Å²) in [5.74, 6) is -28.0. The molecule has 0 amide bonds. The van der Waals surface area contributed by atoms with E-state index in [9.17, 15) is 54.3 Å². The van der Waals surface area contributed by atoms with Gasteiger partial charge in [0.25, 0.3) is 0 Å². The standard InChI is InChI=1S/C58H87F8NO10/c1-36-5-19-44(20-6-36)67(45-21-7-37(2)8-22-45)46-23-9-39(10-24-46)33-51(40-11-25-47(72-4)26-12-40)41-13-27-49(28-14-41)76-54(71)77-50-31-17-43(18-32-50)53(70)74-35-56(61,62)58(65,66)57(63,64)55(59,60)34-73-52(69)42-15-29-48(30-16-42)75-38(3)68/h33,36-37,39-50H,5-32,34-35H2,1-4H3/b51-33+. The molecular formula is C58H87F8NO10. The zero-order valence-electron chi connectivity index (χ0n) is 45.9. The van der Waals surface area contributed by atoms with Gasteiger partial charge in [0.05, 0.1) is 17.9 Å². The molecule has 7 fully saturated rings. The molecule has 19 heteroatoms. The lowest BCUT2D eigenvalue weighted by Crippen LogP contribution is -2.64. The van der Waals surface area contributed by atoms with Gasteiger partial charge in [-0.25, -0.2) is 4.79 Å². The van der Waals surface area contributed by atoms with Crippen LogP contribution in [0.3, 0.4) is 0 Å². The van der Waals surface area contributed by atoms with Gasteiger partial charge in [0.1, 0.15) is 18.3 Å². The van der Waals surface area contributed by atoms with E-state index >= 15 is 0 Å². The lowest BCUT2D eigenvalue weighted by molar-refractivity contribution is -0.374. The Morgan fingerprint density at radius 2 is 0.766 bits per heavy atom. The first-order valence-corrected chi connectivity index (χ1v) is 29.4. The van der Waals surface area contributed by atoms with Crippen molar-refractivity contribution in [2.75, 3.05) is 20.3 Å². The fourth-order valence-electron chi connectivity index (χ4n) is 14.1. The van der Waals surface area contributed by atoms with E-state index in [0.29, 0.717) is 42.7 Å². The lowest BCUT2D eigenvalue weighted by Gasteiger charge is -2.49. The van der Waals surface area contributed by atoms with Gasteiger partial charge in [-0.3, -0.25) is 19.3 Å². The average Bonchev–Trinajstić information content (AvgIpc) is 3.45. The number of esters is 3. The molecule has 0 spiro atoms. The van der Waals surface area contributed by atoms with E-state index in [1.807, 2.05) is 0 Å². The molecule has 77 heavy (non-hydrogen) atoms. The summed E-state index contributed by atoms with van der Waals surface area (Å²) in [6.07, 6.45) is 23.6. The van der Waals surface area contributed by atoms with Crippen LogP contribution in [-0.2, 0) is 42.8 Å². The normalized spacial score (nSPS) is 34.4. The second kappa shape index (κ2) is 27.0. The number of halogens is 8. The maximum Gasteiger partial charge on any atom is 0.508 e. The summed E-state index contributed by atoms with van der Waals surface area (Å²) >= 11 is 0. The van der Waals surface area contributed by atoms with Gasteiger partial charge in [-0.05, 0) is 209 Å². The first-order chi connectivity index (χ1) is 36.5. The van der Waals surface area contributed by atoms with Crippen LogP contribution in [0.2, 0.25) is 0 Å². The molecule has 440 valence electrons. The van der Waals surface area contributed by atoms with Crippen LogP contribution < -0.4 is 0 Å². The van der Waals surface area contributed by atoms with Crippen LogP contribution in [0.5, 0.6) is 0 Å². The van der Waals surface area contributed by atoms with Crippen molar-refractivity contribution in [2.45, 2.75) is 267 Å². The fourth-order valence-corrected chi connectivity index (χ4v) is 14.1. The molecule has 11 nitrogen and oxygen atoms in total. The van der Waals surface area contributed by atoms with E-state index in [-0.39, 0.29) is 57.5 Å². The maximum absolute atomic E-state index is 14.7. The maximum atomic E-state index is 14.7. The molecule has 0 saturated heterocycles. The van der Waals surface area contributed by atoms with E-state index in [1.165, 1.54) is 77.0 Å². The third-order valence-electron chi connectivity index (χ3n) is 19.0. The number of allylic oxidation sites excluding steroid dienone is 2. The Kier molecular flexibility index (Phi) is 21.6. The number of hydrogen-bond acceptors (Lipinski definition) is 11. The highest BCUT2D eigenvalue weighted by atomic mass is 19.4. The molecule has 0 aromatic heterocycles. The molecule has 0 unspecified atom stereocenters. The summed E-state index contributed by atoms with van der Waals surface area (Å²) in [5, 5.41) is 0. The number of hydrogen-bond donors (Lipinski definition) is 0. The predicted molar refractivity (Wildman–Crippen MR) is 270 cm³/mol. The summed E-state index contributed by atoms with van der Waals surface area (Å²) in [6, 6.07) is 2.11. The van der Waals surface area contributed by atoms with Gasteiger partial charge < -0.3 is 28.4 Å². The van der Waals surface area contributed by atoms with Gasteiger partial charge in [-0.2, -0.15) is 35.1 Å². The van der Waals surface area contributed by atoms with Gasteiger partial charge in [-0.15, -0.1) is 0 Å². The third-order valence-corrected chi connectivity index (χ3v) is 19.0. The van der Waals surface area contributed by atoms with Crippen molar-refractivity contribution in [1.82, 2.24) is 4.90 Å². The second-order valence-corrected chi connectivity index (χ2v) is 24.5. The summed E-state index contributed by atoms with van der Waals surface area (Å²) in [5.41, 5.74) is 1.58. The Hall–Kier alpha value is -3.22. The van der Waals surface area contributed by atoms with Gasteiger partial charge in [0, 0.05) is 32.2 Å². The van der Waals surface area contributed by atoms with Crippen molar-refractivity contribution in [3.63, 3.8) is 0 Å². The summed E-state index contributed by atoms with van der Waals surface area (Å²) < 4.78 is 148. The number of rotatable bonds is 19. The monoisotopic (exact) mass is 1110 g/mol. The highest BCUT2D eigenvalue weighted by molar-refractivity contribution is 5.73. The largest absolute Gasteiger partial charge is 0.508 e. The first-order valence-electron chi connectivity index (χ1n) is 29.4. The molecule has 0 atom stereocenters. The molecule has 0 heterocycles. The molecular weight excluding hydrogens is 1020 g/mol. The van der Waals surface area contributed by atoms with Crippen molar-refractivity contribution in [3.8, 4) is 0 Å². The van der Waals surface area contributed by atoms with Gasteiger partial charge >= 0.3 is 47.8 Å². The molecule has 0 aromatic carbocycles. The van der Waals surface area contributed by atoms with Gasteiger partial charge in [0.2, 0.25) is 0 Å². The van der Waals surface area contributed by atoms with E-state index < -0.39 is 85.0 Å². The predicted octanol–water partition coefficient (Wildman–Crippen LogP) is 14.2. The highest BCUT2D eigenvalue weighted by Gasteiger charge is 2.81. The van der Waals surface area contributed by atoms with E-state index in [0.717, 1.165) is 69.4 Å². The zero-order valence-corrected chi connectivity index (χ0v) is 45.9. The molecule has 0 N–H and O–H groups in total. The zero-order chi connectivity index (χ0) is 55.7. The Balaban J connectivity index is 0.840. The minimum absolute atomic E-state index is 0.0452. The number of nitrogens with zero attached hydrogens (tertiary/aromatic N) is 1. The average molecular weight is 1110 g/mol. The lowest BCUT2D eigenvalue weighted by atomic mass is 9.70. The van der Waals surface area contributed by atoms with E-state index in [1.54, 1.807) is 12.7 Å². The Labute approximate surface area is 450 Å². The van der Waals surface area contributed by atoms with Crippen molar-refractivity contribution in [2.24, 2.45) is 41.4 Å². The van der Waals surface area contributed by atoms with Crippen molar-refractivity contribution < 1.29 is 82.7 Å². The van der Waals surface area contributed by atoms with Gasteiger partial charge in [0.15, 0.2) is 13.2 Å². The van der Waals surface area contributed by atoms with Crippen molar-refractivity contribution in [3.05, 3.63) is 11.6 Å². The number of carbonyl (C=O) groups excluding carboxylic acids is 4. The number of alkyl halides is 8. The molecule has 7 aliphatic rings. The smallest absolute Gasteiger partial charge is 0.463 e. The van der Waals surface area contributed by atoms with Crippen LogP contribution in [0.25, 0.3) is 0 Å². The third kappa shape index (κ3) is 15.8. The summed E-state index contributed by atoms with van der Waals surface area (Å²) in [6.45, 7) is 0.725. The Morgan fingerprint density at radius 3 is 1.12 bits per heavy atom. The second-order valence-electron chi connectivity index (χ2n) is 24.5. The summed E-state index contributed by atoms with van der Waals surface area (Å²) in [7, 11) is 1.80. The van der Waals surface area contributed by atoms with Crippen LogP contribution >= 0.6 is 0 Å². The fraction of sp³-hybridized carbons (Fsp3) is 0.897. The van der Waals surface area contributed by atoms with Crippen molar-refractivity contribution >= 4 is 24.1 Å². The Bertz CT molecular complexity index is 1910. The number of carbonyl (C=O) groups is 4. The SMILES string of the molecule is COC1CCC(/C(=C\C2CCC(N(C3CCC(C)CC3)C3CCC(C)CC3)CC2)C2CCC(OC(=O)OC3CCC(C(=O)OCC(F)(F)C(F)(F)C(F)(F)C(F)(F)COC(=O)C4CCC(OC(C)=O)CC4)CC3)CC2)CC1. The van der Waals surface area contributed by atoms with Crippen LogP contribution in [0, 0.1) is 41.4 Å². The molecule has 0 aliphatic heterocycles. The Morgan fingerprint density at radius 1 is 0.442 bits per heavy atom. The van der Waals surface area contributed by atoms with E-state index in [2.05, 4.69) is 34.3 Å². The topological polar surface area (TPSA) is 127 Å². The summed E-state index contributed by atoms with van der Waals surface area (Å²) in [4.78, 5) is 52.3. The first kappa shape index (κ1) is 61.4. The highest BCUT2D eigenvalue weighted by Crippen LogP contribution is 2.53. The van der Waals surface area contributed by atoms with Crippen LogP contribution in [-0.4, -0.2) is 116 Å². The molecule has 7 saturated carbocycles. The van der Waals surface area contributed by atoms with Crippen LogP contribution in [0.1, 0.15) is 201 Å².